The van der Waals surface area contributed by atoms with E-state index in [4.69, 9.17) is 23.2 Å². The van der Waals surface area contributed by atoms with Crippen LogP contribution >= 0.6 is 23.2 Å². The lowest BCUT2D eigenvalue weighted by Gasteiger charge is -2.09. The summed E-state index contributed by atoms with van der Waals surface area (Å²) in [5, 5.41) is 0.691. The Morgan fingerprint density at radius 1 is 1.00 bits per heavy atom. The number of imidazole rings is 1. The maximum Gasteiger partial charge on any atom is 0.329 e. The Bertz CT molecular complexity index is 1150. The second-order valence-corrected chi connectivity index (χ2v) is 8.90. The molecule has 0 atom stereocenters. The first-order valence-electron chi connectivity index (χ1n) is 8.29. The first kappa shape index (κ1) is 19.7. The van der Waals surface area contributed by atoms with E-state index in [0.717, 1.165) is 5.56 Å². The molecule has 0 fully saturated rings. The van der Waals surface area contributed by atoms with Gasteiger partial charge in [0.15, 0.2) is 5.03 Å². The average molecular weight is 425 g/mol. The molecule has 0 N–H and O–H groups in total. The van der Waals surface area contributed by atoms with E-state index in [1.54, 1.807) is 49.4 Å². The largest absolute Gasteiger partial charge is 0.329 e. The molecule has 0 aliphatic rings. The summed E-state index contributed by atoms with van der Waals surface area (Å²) in [5.74, 6) is 0. The third-order valence-electron chi connectivity index (χ3n) is 4.28. The first-order chi connectivity index (χ1) is 12.7. The molecule has 0 unspecified atom stereocenters. The van der Waals surface area contributed by atoms with Gasteiger partial charge in [-0.3, -0.25) is 9.13 Å². The molecule has 0 saturated carbocycles. The fourth-order valence-corrected chi connectivity index (χ4v) is 4.51. The van der Waals surface area contributed by atoms with Gasteiger partial charge in [-0.15, -0.1) is 0 Å². The molecular weight excluding hydrogens is 407 g/mol. The van der Waals surface area contributed by atoms with Gasteiger partial charge >= 0.3 is 5.69 Å². The summed E-state index contributed by atoms with van der Waals surface area (Å²) in [6, 6.07) is 11.5. The maximum absolute atomic E-state index is 13.1. The van der Waals surface area contributed by atoms with E-state index in [-0.39, 0.29) is 16.5 Å². The van der Waals surface area contributed by atoms with Crippen molar-refractivity contribution < 1.29 is 8.42 Å². The predicted octanol–water partition coefficient (Wildman–Crippen LogP) is 4.17. The molecule has 0 aliphatic carbocycles. The molecule has 142 valence electrons. The Hall–Kier alpha value is -2.02. The number of nitrogens with zero attached hydrogens (tertiary/aromatic N) is 2. The summed E-state index contributed by atoms with van der Waals surface area (Å²) < 4.78 is 28.9. The summed E-state index contributed by atoms with van der Waals surface area (Å²) in [6.45, 7) is 4.10. The number of aryl methyl sites for hydroxylation is 2. The second-order valence-electron chi connectivity index (χ2n) is 6.19. The zero-order chi connectivity index (χ0) is 19.8. The fraction of sp³-hybridized carbons (Fsp3) is 0.211. The maximum atomic E-state index is 13.1. The number of aromatic nitrogens is 2. The highest BCUT2D eigenvalue weighted by molar-refractivity contribution is 7.91. The Morgan fingerprint density at radius 2 is 1.67 bits per heavy atom. The highest BCUT2D eigenvalue weighted by Gasteiger charge is 2.25. The van der Waals surface area contributed by atoms with Crippen LogP contribution in [-0.4, -0.2) is 17.6 Å². The highest BCUT2D eigenvalue weighted by atomic mass is 35.5. The van der Waals surface area contributed by atoms with E-state index in [0.29, 0.717) is 22.2 Å². The smallest absolute Gasteiger partial charge is 0.298 e. The molecule has 8 heteroatoms. The van der Waals surface area contributed by atoms with E-state index >= 15 is 0 Å². The van der Waals surface area contributed by atoms with Crippen LogP contribution in [0, 0.1) is 6.92 Å². The van der Waals surface area contributed by atoms with Crippen molar-refractivity contribution in [1.82, 2.24) is 9.13 Å². The van der Waals surface area contributed by atoms with Gasteiger partial charge in [0.25, 0.3) is 0 Å². The standard InChI is InChI=1S/C19H18Cl2N2O3S/c1-3-22-12-18(27(25,26)15-7-4-13(2)5-8-15)23(19(22)24)11-14-6-9-16(20)17(21)10-14/h4-10,12H,3,11H2,1-2H3. The van der Waals surface area contributed by atoms with Gasteiger partial charge in [0.2, 0.25) is 9.84 Å². The molecule has 0 amide bonds. The molecule has 0 aliphatic heterocycles. The number of sulfone groups is 1. The van der Waals surface area contributed by atoms with Crippen LogP contribution in [0.15, 0.2) is 63.4 Å². The lowest BCUT2D eigenvalue weighted by molar-refractivity contribution is 0.577. The Labute approximate surface area is 167 Å². The van der Waals surface area contributed by atoms with Crippen molar-refractivity contribution in [1.29, 1.82) is 0 Å². The molecule has 27 heavy (non-hydrogen) atoms. The van der Waals surface area contributed by atoms with Crippen LogP contribution in [0.4, 0.5) is 0 Å². The van der Waals surface area contributed by atoms with Crippen LogP contribution in [0.1, 0.15) is 18.1 Å². The van der Waals surface area contributed by atoms with Crippen molar-refractivity contribution in [3.63, 3.8) is 0 Å². The third kappa shape index (κ3) is 3.83. The van der Waals surface area contributed by atoms with E-state index in [1.165, 1.54) is 15.3 Å². The molecule has 2 aromatic carbocycles. The number of hydrogen-bond donors (Lipinski definition) is 0. The summed E-state index contributed by atoms with van der Waals surface area (Å²) >= 11 is 12.0. The van der Waals surface area contributed by atoms with Crippen LogP contribution in [0.25, 0.3) is 0 Å². The molecule has 5 nitrogen and oxygen atoms in total. The van der Waals surface area contributed by atoms with Crippen molar-refractivity contribution in [3.8, 4) is 0 Å². The van der Waals surface area contributed by atoms with Crippen LogP contribution in [0.5, 0.6) is 0 Å². The van der Waals surface area contributed by atoms with E-state index in [1.807, 2.05) is 6.92 Å². The number of rotatable bonds is 5. The van der Waals surface area contributed by atoms with Gasteiger partial charge in [0.05, 0.1) is 21.5 Å². The lowest BCUT2D eigenvalue weighted by atomic mass is 10.2. The lowest BCUT2D eigenvalue weighted by Crippen LogP contribution is -2.26. The van der Waals surface area contributed by atoms with E-state index in [9.17, 15) is 13.2 Å². The third-order valence-corrected chi connectivity index (χ3v) is 6.79. The van der Waals surface area contributed by atoms with Crippen LogP contribution in [0.2, 0.25) is 10.0 Å². The minimum absolute atomic E-state index is 0.0516. The van der Waals surface area contributed by atoms with Gasteiger partial charge in [-0.25, -0.2) is 13.2 Å². The number of benzene rings is 2. The van der Waals surface area contributed by atoms with Gasteiger partial charge in [-0.05, 0) is 43.7 Å². The summed E-state index contributed by atoms with van der Waals surface area (Å²) in [4.78, 5) is 12.9. The van der Waals surface area contributed by atoms with E-state index < -0.39 is 15.5 Å². The first-order valence-corrected chi connectivity index (χ1v) is 10.5. The second kappa shape index (κ2) is 7.54. The number of hydrogen-bond acceptors (Lipinski definition) is 3. The molecule has 1 aromatic heterocycles. The van der Waals surface area contributed by atoms with Crippen molar-refractivity contribution in [3.05, 3.63) is 80.3 Å². The van der Waals surface area contributed by atoms with Crippen molar-refractivity contribution in [2.24, 2.45) is 0 Å². The molecule has 1 heterocycles. The van der Waals surface area contributed by atoms with Crippen LogP contribution < -0.4 is 5.69 Å². The van der Waals surface area contributed by atoms with Gasteiger partial charge in [0, 0.05) is 12.7 Å². The molecule has 3 rings (SSSR count). The Morgan fingerprint density at radius 3 is 2.26 bits per heavy atom. The molecule has 0 radical (unpaired) electrons. The Balaban J connectivity index is 2.14. The van der Waals surface area contributed by atoms with Crippen LogP contribution in [0.3, 0.4) is 0 Å². The molecule has 0 bridgehead atoms. The molecule has 0 saturated heterocycles. The Kier molecular flexibility index (Phi) is 5.51. The molecule has 0 spiro atoms. The van der Waals surface area contributed by atoms with Gasteiger partial charge < -0.3 is 0 Å². The van der Waals surface area contributed by atoms with Gasteiger partial charge in [-0.1, -0.05) is 47.0 Å². The topological polar surface area (TPSA) is 61.1 Å². The minimum Gasteiger partial charge on any atom is -0.298 e. The normalized spacial score (nSPS) is 11.7. The fourth-order valence-electron chi connectivity index (χ4n) is 2.75. The molecule has 3 aromatic rings. The average Bonchev–Trinajstić information content (AvgIpc) is 2.95. The summed E-state index contributed by atoms with van der Waals surface area (Å²) in [7, 11) is -3.85. The van der Waals surface area contributed by atoms with Crippen molar-refractivity contribution in [2.45, 2.75) is 36.9 Å². The SMILES string of the molecule is CCn1cc(S(=O)(=O)c2ccc(C)cc2)n(Cc2ccc(Cl)c(Cl)c2)c1=O. The predicted molar refractivity (Wildman–Crippen MR) is 107 cm³/mol. The van der Waals surface area contributed by atoms with Crippen molar-refractivity contribution in [2.75, 3.05) is 0 Å². The quantitative estimate of drug-likeness (QED) is 0.617. The number of halogens is 2. The zero-order valence-corrected chi connectivity index (χ0v) is 17.1. The minimum atomic E-state index is -3.85. The van der Waals surface area contributed by atoms with E-state index in [2.05, 4.69) is 0 Å². The van der Waals surface area contributed by atoms with Crippen LogP contribution in [-0.2, 0) is 22.9 Å². The van der Waals surface area contributed by atoms with Crippen molar-refractivity contribution >= 4 is 33.0 Å². The molecular formula is C19H18Cl2N2O3S. The highest BCUT2D eigenvalue weighted by Crippen LogP contribution is 2.25. The van der Waals surface area contributed by atoms with Gasteiger partial charge in [0.1, 0.15) is 0 Å². The zero-order valence-electron chi connectivity index (χ0n) is 14.8. The van der Waals surface area contributed by atoms with Gasteiger partial charge in [-0.2, -0.15) is 0 Å². The monoisotopic (exact) mass is 424 g/mol. The summed E-state index contributed by atoms with van der Waals surface area (Å²) in [5.41, 5.74) is 1.24. The summed E-state index contributed by atoms with van der Waals surface area (Å²) in [6.07, 6.45) is 1.38.